The summed E-state index contributed by atoms with van der Waals surface area (Å²) in [6, 6.07) is 8.34. The van der Waals surface area contributed by atoms with Crippen molar-refractivity contribution in [3.05, 3.63) is 47.3 Å². The van der Waals surface area contributed by atoms with Crippen LogP contribution >= 0.6 is 0 Å². The molecule has 162 valence electrons. The number of amides is 2. The van der Waals surface area contributed by atoms with E-state index in [1.54, 1.807) is 39.0 Å². The molecule has 0 bridgehead atoms. The summed E-state index contributed by atoms with van der Waals surface area (Å²) in [4.78, 5) is 26.0. The lowest BCUT2D eigenvalue weighted by Gasteiger charge is -2.44. The van der Waals surface area contributed by atoms with E-state index in [-0.39, 0.29) is 18.4 Å². The number of rotatable bonds is 5. The first-order valence-electron chi connectivity index (χ1n) is 10.1. The molecular weight excluding hydrogens is 387 g/mol. The largest absolute Gasteiger partial charge is 0.444 e. The van der Waals surface area contributed by atoms with Crippen molar-refractivity contribution in [2.45, 2.75) is 64.8 Å². The lowest BCUT2D eigenvalue weighted by molar-refractivity contribution is -0.0398. The Labute approximate surface area is 176 Å². The number of aromatic amines is 1. The molecule has 1 aliphatic rings. The molecule has 1 aromatic carbocycles. The smallest absolute Gasteiger partial charge is 0.410 e. The lowest BCUT2D eigenvalue weighted by Crippen LogP contribution is -2.62. The monoisotopic (exact) mass is 416 g/mol. The number of ether oxygens (including phenoxy) is 1. The Bertz CT molecular complexity index is 902. The van der Waals surface area contributed by atoms with Gasteiger partial charge in [0, 0.05) is 11.4 Å². The number of H-pyrrole nitrogens is 1. The van der Waals surface area contributed by atoms with Crippen LogP contribution in [0.15, 0.2) is 30.3 Å². The zero-order valence-corrected chi connectivity index (χ0v) is 18.0. The topological polar surface area (TPSA) is 87.3 Å². The van der Waals surface area contributed by atoms with Crippen LogP contribution in [-0.4, -0.2) is 51.5 Å². The number of benzene rings is 1. The van der Waals surface area contributed by atoms with E-state index < -0.39 is 23.9 Å². The van der Waals surface area contributed by atoms with Gasteiger partial charge in [-0.15, -0.1) is 0 Å². The fourth-order valence-corrected chi connectivity index (χ4v) is 3.18. The van der Waals surface area contributed by atoms with E-state index in [4.69, 9.17) is 4.74 Å². The minimum atomic E-state index is -1.08. The summed E-state index contributed by atoms with van der Waals surface area (Å²) in [6.07, 6.45) is -1.19. The number of nitrogens with one attached hydrogen (secondary N) is 2. The molecule has 1 fully saturated rings. The van der Waals surface area contributed by atoms with Crippen molar-refractivity contribution in [2.24, 2.45) is 0 Å². The number of halogens is 1. The van der Waals surface area contributed by atoms with E-state index in [0.717, 1.165) is 11.3 Å². The third kappa shape index (κ3) is 5.17. The molecule has 2 heterocycles. The number of carbonyl (C=O) groups is 2. The molecule has 3 rings (SSSR count). The molecule has 0 aliphatic carbocycles. The molecule has 30 heavy (non-hydrogen) atoms. The second-order valence-electron chi connectivity index (χ2n) is 8.93. The third-order valence-corrected chi connectivity index (χ3v) is 4.93. The Kier molecular flexibility index (Phi) is 6.14. The molecule has 2 atom stereocenters. The summed E-state index contributed by atoms with van der Waals surface area (Å²) >= 11 is 0. The Hall–Kier alpha value is -2.90. The van der Waals surface area contributed by atoms with Gasteiger partial charge in [0.1, 0.15) is 11.8 Å². The van der Waals surface area contributed by atoms with Crippen molar-refractivity contribution < 1.29 is 18.7 Å². The first kappa shape index (κ1) is 21.8. The van der Waals surface area contributed by atoms with E-state index in [0.29, 0.717) is 17.8 Å². The highest BCUT2D eigenvalue weighted by atomic mass is 19.1. The maximum absolute atomic E-state index is 14.1. The number of carbonyl (C=O) groups excluding carboxylic acids is 2. The maximum Gasteiger partial charge on any atom is 0.410 e. The molecule has 8 heteroatoms. The number of hydrogen-bond acceptors (Lipinski definition) is 4. The highest BCUT2D eigenvalue weighted by Crippen LogP contribution is 2.27. The fourth-order valence-electron chi connectivity index (χ4n) is 3.18. The second-order valence-corrected chi connectivity index (χ2v) is 8.93. The van der Waals surface area contributed by atoms with Gasteiger partial charge in [0.2, 0.25) is 0 Å². The second kappa shape index (κ2) is 8.45. The number of aromatic nitrogens is 2. The van der Waals surface area contributed by atoms with E-state index >= 15 is 0 Å². The van der Waals surface area contributed by atoms with Crippen molar-refractivity contribution in [1.29, 1.82) is 0 Å². The molecule has 1 saturated heterocycles. The van der Waals surface area contributed by atoms with Gasteiger partial charge in [-0.25, -0.2) is 9.18 Å². The molecule has 2 unspecified atom stereocenters. The zero-order chi connectivity index (χ0) is 22.1. The van der Waals surface area contributed by atoms with Crippen LogP contribution in [0.25, 0.3) is 0 Å². The average molecular weight is 416 g/mol. The van der Waals surface area contributed by atoms with Crippen LogP contribution in [0.3, 0.4) is 0 Å². The Morgan fingerprint density at radius 3 is 2.50 bits per heavy atom. The van der Waals surface area contributed by atoms with Gasteiger partial charge in [-0.1, -0.05) is 26.0 Å². The van der Waals surface area contributed by atoms with Crippen LogP contribution in [0.5, 0.6) is 0 Å². The highest BCUT2D eigenvalue weighted by Gasteiger charge is 2.44. The summed E-state index contributed by atoms with van der Waals surface area (Å²) in [6.45, 7) is 9.43. The molecule has 7 nitrogen and oxygen atoms in total. The quantitative estimate of drug-likeness (QED) is 0.761. The minimum absolute atomic E-state index is 0.0513. The maximum atomic E-state index is 14.1. The first-order valence-corrected chi connectivity index (χ1v) is 10.1. The van der Waals surface area contributed by atoms with Crippen molar-refractivity contribution in [3.63, 3.8) is 0 Å². The zero-order valence-electron chi connectivity index (χ0n) is 18.0. The average Bonchev–Trinajstić information content (AvgIpc) is 3.14. The van der Waals surface area contributed by atoms with Gasteiger partial charge >= 0.3 is 6.09 Å². The van der Waals surface area contributed by atoms with Gasteiger partial charge in [0.05, 0.1) is 12.6 Å². The van der Waals surface area contributed by atoms with Crippen LogP contribution in [-0.2, 0) is 11.2 Å². The van der Waals surface area contributed by atoms with Crippen LogP contribution in [0, 0.1) is 0 Å². The Morgan fingerprint density at radius 2 is 1.97 bits per heavy atom. The van der Waals surface area contributed by atoms with E-state index in [9.17, 15) is 14.0 Å². The summed E-state index contributed by atoms with van der Waals surface area (Å²) in [5.41, 5.74) is 2.09. The fraction of sp³-hybridized carbons (Fsp3) is 0.500. The number of alkyl halides is 1. The van der Waals surface area contributed by atoms with Gasteiger partial charge in [0.25, 0.3) is 5.91 Å². The van der Waals surface area contributed by atoms with Gasteiger partial charge < -0.3 is 10.1 Å². The molecule has 0 spiro atoms. The van der Waals surface area contributed by atoms with Crippen molar-refractivity contribution >= 4 is 17.7 Å². The van der Waals surface area contributed by atoms with Crippen molar-refractivity contribution in [2.75, 3.05) is 11.9 Å². The van der Waals surface area contributed by atoms with Crippen LogP contribution < -0.4 is 5.32 Å². The Morgan fingerprint density at radius 1 is 1.30 bits per heavy atom. The molecule has 0 radical (unpaired) electrons. The Balaban J connectivity index is 1.58. The van der Waals surface area contributed by atoms with Crippen LogP contribution in [0.2, 0.25) is 0 Å². The van der Waals surface area contributed by atoms with Gasteiger partial charge in [-0.05, 0) is 56.9 Å². The van der Waals surface area contributed by atoms with Crippen molar-refractivity contribution in [1.82, 2.24) is 15.1 Å². The number of nitrogens with zero attached hydrogens (tertiary/aromatic N) is 2. The molecule has 2 aromatic rings. The van der Waals surface area contributed by atoms with Gasteiger partial charge in [-0.2, -0.15) is 5.10 Å². The van der Waals surface area contributed by atoms with Gasteiger partial charge in [0.15, 0.2) is 5.69 Å². The molecule has 0 saturated carbocycles. The summed E-state index contributed by atoms with van der Waals surface area (Å²) in [7, 11) is 0. The van der Waals surface area contributed by atoms with Crippen LogP contribution in [0.4, 0.5) is 14.9 Å². The van der Waals surface area contributed by atoms with E-state index in [2.05, 4.69) is 15.5 Å². The molecule has 2 amide bonds. The predicted octanol–water partition coefficient (Wildman–Crippen LogP) is 4.29. The first-order chi connectivity index (χ1) is 14.0. The SMILES string of the molecule is CC(C)c1cc(C(=O)Nc2ccc(CC3C(F)CN3C(=O)OC(C)(C)C)cc2)n[nH]1. The molecule has 1 aromatic heterocycles. The standard InChI is InChI=1S/C22H29FN4O3/c1-13(2)17-11-18(26-25-17)20(28)24-15-8-6-14(7-9-15)10-19-16(23)12-27(19)21(29)30-22(3,4)5/h6-9,11,13,16,19H,10,12H2,1-5H3,(H,24,28)(H,25,26). The highest BCUT2D eigenvalue weighted by molar-refractivity contribution is 6.02. The minimum Gasteiger partial charge on any atom is -0.444 e. The molecule has 2 N–H and O–H groups in total. The van der Waals surface area contributed by atoms with Crippen molar-refractivity contribution in [3.8, 4) is 0 Å². The molecular formula is C22H29FN4O3. The number of hydrogen-bond donors (Lipinski definition) is 2. The number of anilines is 1. The van der Waals surface area contributed by atoms with Crippen LogP contribution in [0.1, 0.15) is 62.3 Å². The molecule has 1 aliphatic heterocycles. The predicted molar refractivity (Wildman–Crippen MR) is 112 cm³/mol. The summed E-state index contributed by atoms with van der Waals surface area (Å²) in [5, 5.41) is 9.70. The van der Waals surface area contributed by atoms with E-state index in [1.165, 1.54) is 4.90 Å². The normalized spacial score (nSPS) is 18.8. The summed E-state index contributed by atoms with van der Waals surface area (Å²) in [5.74, 6) is -0.0470. The van der Waals surface area contributed by atoms with E-state index in [1.807, 2.05) is 26.0 Å². The van der Waals surface area contributed by atoms with Gasteiger partial charge in [-0.3, -0.25) is 14.8 Å². The lowest BCUT2D eigenvalue weighted by atomic mass is 9.94. The third-order valence-electron chi connectivity index (χ3n) is 4.93. The summed E-state index contributed by atoms with van der Waals surface area (Å²) < 4.78 is 19.4. The number of likely N-dealkylation sites (tertiary alicyclic amines) is 1.